The SMILES string of the molecule is COc1cccc(OC)c1-n1c(NS(=O)C(C)C(O)c2ncc(C)cn2)nnc1-c1ccccc1. The number of aliphatic hydroxyl groups is 1. The maximum Gasteiger partial charge on any atom is 0.241 e. The van der Waals surface area contributed by atoms with Gasteiger partial charge in [-0.25, -0.2) is 14.2 Å². The van der Waals surface area contributed by atoms with Crippen LogP contribution in [-0.4, -0.2) is 53.5 Å². The van der Waals surface area contributed by atoms with Crippen LogP contribution < -0.4 is 14.2 Å². The highest BCUT2D eigenvalue weighted by Crippen LogP contribution is 2.37. The van der Waals surface area contributed by atoms with Crippen molar-refractivity contribution in [2.45, 2.75) is 25.2 Å². The Bertz CT molecular complexity index is 1290. The Morgan fingerprint density at radius 2 is 1.60 bits per heavy atom. The maximum absolute atomic E-state index is 13.3. The van der Waals surface area contributed by atoms with E-state index in [-0.39, 0.29) is 11.8 Å². The van der Waals surface area contributed by atoms with Crippen LogP contribution in [0.25, 0.3) is 17.1 Å². The summed E-state index contributed by atoms with van der Waals surface area (Å²) in [5.41, 5.74) is 2.18. The number of nitrogens with one attached hydrogen (secondary N) is 1. The number of methoxy groups -OCH3 is 2. The highest BCUT2D eigenvalue weighted by molar-refractivity contribution is 7.87. The molecule has 0 amide bonds. The fraction of sp³-hybridized carbons (Fsp3) is 0.250. The quantitative estimate of drug-likeness (QED) is 0.363. The first-order chi connectivity index (χ1) is 16.9. The van der Waals surface area contributed by atoms with Gasteiger partial charge in [0.15, 0.2) is 11.6 Å². The molecule has 0 saturated carbocycles. The lowest BCUT2D eigenvalue weighted by Gasteiger charge is -2.20. The summed E-state index contributed by atoms with van der Waals surface area (Å²) in [6, 6.07) is 14.8. The average molecular weight is 495 g/mol. The Balaban J connectivity index is 1.76. The van der Waals surface area contributed by atoms with Crippen molar-refractivity contribution in [1.82, 2.24) is 24.7 Å². The first-order valence-electron chi connectivity index (χ1n) is 10.8. The lowest BCUT2D eigenvalue weighted by Crippen LogP contribution is -2.27. The van der Waals surface area contributed by atoms with E-state index in [4.69, 9.17) is 9.47 Å². The number of aromatic nitrogens is 5. The molecule has 4 rings (SSSR count). The van der Waals surface area contributed by atoms with Crippen LogP contribution in [-0.2, 0) is 11.0 Å². The van der Waals surface area contributed by atoms with E-state index in [1.165, 1.54) is 0 Å². The van der Waals surface area contributed by atoms with Crippen molar-refractivity contribution in [2.75, 3.05) is 18.9 Å². The standard InChI is InChI=1S/C24H26N6O4S/c1-15-13-25-22(26-14-15)21(31)16(2)35(32)29-24-28-27-23(17-9-6-5-7-10-17)30(24)20-18(33-3)11-8-12-19(20)34-4/h5-14,16,21,31H,1-4H3,(H,28,29). The van der Waals surface area contributed by atoms with Crippen molar-refractivity contribution in [3.05, 3.63) is 72.3 Å². The van der Waals surface area contributed by atoms with Gasteiger partial charge in [0, 0.05) is 18.0 Å². The van der Waals surface area contributed by atoms with Gasteiger partial charge in [-0.3, -0.25) is 9.29 Å². The third kappa shape index (κ3) is 5.00. The second-order valence-electron chi connectivity index (χ2n) is 7.73. The smallest absolute Gasteiger partial charge is 0.241 e. The molecule has 0 aliphatic rings. The van der Waals surface area contributed by atoms with E-state index in [1.54, 1.807) is 56.3 Å². The molecule has 11 heteroatoms. The van der Waals surface area contributed by atoms with Crippen molar-refractivity contribution >= 4 is 16.9 Å². The summed E-state index contributed by atoms with van der Waals surface area (Å²) in [6.07, 6.45) is 2.05. The first-order valence-corrected chi connectivity index (χ1v) is 12.0. The van der Waals surface area contributed by atoms with Crippen LogP contribution in [0.3, 0.4) is 0 Å². The third-order valence-electron chi connectivity index (χ3n) is 5.36. The summed E-state index contributed by atoms with van der Waals surface area (Å²) >= 11 is 0. The number of rotatable bonds is 9. The Morgan fingerprint density at radius 3 is 2.20 bits per heavy atom. The van der Waals surface area contributed by atoms with E-state index < -0.39 is 22.3 Å². The largest absolute Gasteiger partial charge is 0.494 e. The highest BCUT2D eigenvalue weighted by Gasteiger charge is 2.28. The fourth-order valence-electron chi connectivity index (χ4n) is 3.45. The van der Waals surface area contributed by atoms with Crippen molar-refractivity contribution in [3.63, 3.8) is 0 Å². The molecule has 0 aliphatic heterocycles. The lowest BCUT2D eigenvalue weighted by molar-refractivity contribution is 0.168. The Kier molecular flexibility index (Phi) is 7.37. The second kappa shape index (κ2) is 10.6. The van der Waals surface area contributed by atoms with Crippen LogP contribution in [0.4, 0.5) is 5.95 Å². The van der Waals surface area contributed by atoms with Gasteiger partial charge in [-0.05, 0) is 31.5 Å². The van der Waals surface area contributed by atoms with E-state index in [0.29, 0.717) is 23.0 Å². The minimum Gasteiger partial charge on any atom is -0.494 e. The molecule has 3 unspecified atom stereocenters. The van der Waals surface area contributed by atoms with Crippen molar-refractivity contribution in [3.8, 4) is 28.6 Å². The van der Waals surface area contributed by atoms with Gasteiger partial charge in [-0.1, -0.05) is 36.4 Å². The molecular formula is C24H26N6O4S. The molecule has 2 aromatic heterocycles. The zero-order valence-electron chi connectivity index (χ0n) is 19.7. The van der Waals surface area contributed by atoms with E-state index in [9.17, 15) is 9.32 Å². The van der Waals surface area contributed by atoms with Gasteiger partial charge in [0.25, 0.3) is 0 Å². The van der Waals surface area contributed by atoms with Crippen LogP contribution >= 0.6 is 0 Å². The van der Waals surface area contributed by atoms with E-state index in [0.717, 1.165) is 11.1 Å². The number of anilines is 1. The van der Waals surface area contributed by atoms with Crippen molar-refractivity contribution < 1.29 is 18.8 Å². The van der Waals surface area contributed by atoms with Gasteiger partial charge in [-0.15, -0.1) is 10.2 Å². The molecule has 3 atom stereocenters. The Labute approximate surface area is 205 Å². The van der Waals surface area contributed by atoms with Gasteiger partial charge in [0.05, 0.1) is 19.5 Å². The van der Waals surface area contributed by atoms with E-state index in [2.05, 4.69) is 24.9 Å². The minimum atomic E-state index is -1.78. The Hall–Kier alpha value is -3.83. The molecule has 2 aromatic carbocycles. The molecule has 0 bridgehead atoms. The van der Waals surface area contributed by atoms with Crippen molar-refractivity contribution in [2.24, 2.45) is 0 Å². The van der Waals surface area contributed by atoms with E-state index >= 15 is 0 Å². The number of hydrogen-bond donors (Lipinski definition) is 2. The fourth-order valence-corrected chi connectivity index (χ4v) is 4.31. The van der Waals surface area contributed by atoms with Gasteiger partial charge in [0.2, 0.25) is 5.95 Å². The molecule has 0 spiro atoms. The molecule has 2 heterocycles. The first kappa shape index (κ1) is 24.3. The monoisotopic (exact) mass is 494 g/mol. The summed E-state index contributed by atoms with van der Waals surface area (Å²) < 4.78 is 29.1. The third-order valence-corrected chi connectivity index (χ3v) is 6.68. The second-order valence-corrected chi connectivity index (χ2v) is 9.27. The number of ether oxygens (including phenoxy) is 2. The predicted octanol–water partition coefficient (Wildman–Crippen LogP) is 3.25. The zero-order valence-corrected chi connectivity index (χ0v) is 20.6. The lowest BCUT2D eigenvalue weighted by atomic mass is 10.2. The average Bonchev–Trinajstić information content (AvgIpc) is 3.30. The molecule has 35 heavy (non-hydrogen) atoms. The molecular weight excluding hydrogens is 468 g/mol. The molecule has 2 N–H and O–H groups in total. The molecule has 4 aromatic rings. The van der Waals surface area contributed by atoms with Gasteiger partial charge < -0.3 is 14.6 Å². The summed E-state index contributed by atoms with van der Waals surface area (Å²) in [7, 11) is 1.32. The number of nitrogens with zero attached hydrogens (tertiary/aromatic N) is 5. The summed E-state index contributed by atoms with van der Waals surface area (Å²) in [5, 5.41) is 18.6. The maximum atomic E-state index is 13.3. The molecule has 0 fully saturated rings. The predicted molar refractivity (Wildman–Crippen MR) is 133 cm³/mol. The van der Waals surface area contributed by atoms with Crippen LogP contribution in [0.15, 0.2) is 60.9 Å². The summed E-state index contributed by atoms with van der Waals surface area (Å²) in [4.78, 5) is 8.31. The van der Waals surface area contributed by atoms with Crippen molar-refractivity contribution in [1.29, 1.82) is 0 Å². The van der Waals surface area contributed by atoms with Crippen LogP contribution in [0, 0.1) is 6.92 Å². The Morgan fingerprint density at radius 1 is 0.971 bits per heavy atom. The molecule has 0 radical (unpaired) electrons. The number of aliphatic hydroxyl groups excluding tert-OH is 1. The minimum absolute atomic E-state index is 0.189. The number of benzene rings is 2. The molecule has 0 aliphatic carbocycles. The number of aryl methyl sites for hydroxylation is 1. The number of para-hydroxylation sites is 1. The van der Waals surface area contributed by atoms with Crippen LogP contribution in [0.1, 0.15) is 24.4 Å². The summed E-state index contributed by atoms with van der Waals surface area (Å²) in [6.45, 7) is 3.49. The number of hydrogen-bond acceptors (Lipinski definition) is 8. The topological polar surface area (TPSA) is 124 Å². The van der Waals surface area contributed by atoms with Gasteiger partial charge in [0.1, 0.15) is 34.3 Å². The van der Waals surface area contributed by atoms with E-state index in [1.807, 2.05) is 37.3 Å². The molecule has 182 valence electrons. The molecule has 0 saturated heterocycles. The van der Waals surface area contributed by atoms with Crippen LogP contribution in [0.2, 0.25) is 0 Å². The van der Waals surface area contributed by atoms with Gasteiger partial charge >= 0.3 is 0 Å². The molecule has 10 nitrogen and oxygen atoms in total. The highest BCUT2D eigenvalue weighted by atomic mass is 32.2. The van der Waals surface area contributed by atoms with Crippen LogP contribution in [0.5, 0.6) is 11.5 Å². The normalized spacial score (nSPS) is 13.6. The zero-order chi connectivity index (χ0) is 24.9. The summed E-state index contributed by atoms with van der Waals surface area (Å²) in [5.74, 6) is 1.89. The van der Waals surface area contributed by atoms with Gasteiger partial charge in [-0.2, -0.15) is 0 Å².